The summed E-state index contributed by atoms with van der Waals surface area (Å²) in [5, 5.41) is 15.6. The minimum absolute atomic E-state index is 0.0628. The van der Waals surface area contributed by atoms with Crippen molar-refractivity contribution in [3.05, 3.63) is 83.0 Å². The molecule has 0 radical (unpaired) electrons. The van der Waals surface area contributed by atoms with Gasteiger partial charge in [0.2, 0.25) is 15.9 Å². The second kappa shape index (κ2) is 12.4. The van der Waals surface area contributed by atoms with Crippen LogP contribution in [0, 0.1) is 23.6 Å². The Kier molecular flexibility index (Phi) is 8.65. The zero-order valence-corrected chi connectivity index (χ0v) is 27.6. The number of likely N-dealkylation sites (N-methyl/N-ethyl adjacent to an activating group) is 1. The van der Waals surface area contributed by atoms with E-state index in [0.717, 1.165) is 41.8 Å². The zero-order valence-electron chi connectivity index (χ0n) is 26.7. The highest BCUT2D eigenvalue weighted by Gasteiger charge is 2.44. The number of halogens is 1. The SMILES string of the molecule is CC1C2=C(C=CC1S(=O)(=O)N(C)c1ccc([C@H]3CCC[C@@H](C(=O)Nc4ccc(C5CCC5)cc4F)[C@@H]3C(=O)O)cc1)N(C)C(C)N2. The number of nitrogens with one attached hydrogen (secondary N) is 2. The first-order valence-electron chi connectivity index (χ1n) is 16.2. The number of aliphatic carboxylic acids is 1. The molecule has 2 aromatic rings. The van der Waals surface area contributed by atoms with Crippen LogP contribution in [0.3, 0.4) is 0 Å². The molecule has 2 saturated carbocycles. The van der Waals surface area contributed by atoms with Crippen LogP contribution in [0.5, 0.6) is 0 Å². The number of nitrogens with zero attached hydrogens (tertiary/aromatic N) is 2. The molecule has 246 valence electrons. The number of benzene rings is 2. The largest absolute Gasteiger partial charge is 0.481 e. The van der Waals surface area contributed by atoms with Gasteiger partial charge in [-0.25, -0.2) is 12.8 Å². The minimum atomic E-state index is -3.78. The Morgan fingerprint density at radius 2 is 1.70 bits per heavy atom. The van der Waals surface area contributed by atoms with E-state index >= 15 is 0 Å². The highest BCUT2D eigenvalue weighted by molar-refractivity contribution is 7.93. The normalized spacial score (nSPS) is 27.9. The number of rotatable bonds is 8. The lowest BCUT2D eigenvalue weighted by atomic mass is 9.69. The van der Waals surface area contributed by atoms with Gasteiger partial charge in [0.05, 0.1) is 35.1 Å². The van der Waals surface area contributed by atoms with E-state index in [1.165, 1.54) is 17.4 Å². The lowest BCUT2D eigenvalue weighted by molar-refractivity contribution is -0.148. The quantitative estimate of drug-likeness (QED) is 0.333. The summed E-state index contributed by atoms with van der Waals surface area (Å²) >= 11 is 0. The van der Waals surface area contributed by atoms with Crippen molar-refractivity contribution in [2.75, 3.05) is 23.7 Å². The first-order chi connectivity index (χ1) is 21.9. The molecule has 0 bridgehead atoms. The predicted molar refractivity (Wildman–Crippen MR) is 176 cm³/mol. The third-order valence-corrected chi connectivity index (χ3v) is 13.0. The summed E-state index contributed by atoms with van der Waals surface area (Å²) in [4.78, 5) is 28.1. The molecule has 6 atom stereocenters. The summed E-state index contributed by atoms with van der Waals surface area (Å²) in [5.41, 5.74) is 4.09. The van der Waals surface area contributed by atoms with Gasteiger partial charge in [0.1, 0.15) is 11.1 Å². The lowest BCUT2D eigenvalue weighted by Gasteiger charge is -2.35. The molecule has 2 aromatic carbocycles. The molecule has 3 N–H and O–H groups in total. The van der Waals surface area contributed by atoms with Crippen molar-refractivity contribution in [2.45, 2.75) is 75.6 Å². The Labute approximate surface area is 270 Å². The van der Waals surface area contributed by atoms with Gasteiger partial charge in [0, 0.05) is 25.7 Å². The van der Waals surface area contributed by atoms with Gasteiger partial charge in [0.25, 0.3) is 0 Å². The lowest BCUT2D eigenvalue weighted by Crippen LogP contribution is -2.41. The zero-order chi connectivity index (χ0) is 32.9. The van der Waals surface area contributed by atoms with E-state index in [9.17, 15) is 27.5 Å². The molecule has 1 aliphatic heterocycles. The maximum atomic E-state index is 14.9. The van der Waals surface area contributed by atoms with Crippen LogP contribution in [0.4, 0.5) is 15.8 Å². The Balaban J connectivity index is 1.17. The molecule has 3 unspecified atom stereocenters. The third kappa shape index (κ3) is 5.67. The number of allylic oxidation sites excluding steroid dienone is 2. The summed E-state index contributed by atoms with van der Waals surface area (Å²) in [6.45, 7) is 3.94. The predicted octanol–water partition coefficient (Wildman–Crippen LogP) is 5.75. The average Bonchev–Trinajstić information content (AvgIpc) is 3.30. The molecule has 3 aliphatic carbocycles. The van der Waals surface area contributed by atoms with Gasteiger partial charge in [-0.2, -0.15) is 0 Å². The first-order valence-corrected chi connectivity index (χ1v) is 17.7. The highest BCUT2D eigenvalue weighted by Crippen LogP contribution is 2.43. The molecular weight excluding hydrogens is 607 g/mol. The van der Waals surface area contributed by atoms with Gasteiger partial charge in [-0.1, -0.05) is 44.0 Å². The van der Waals surface area contributed by atoms with Gasteiger partial charge >= 0.3 is 5.97 Å². The van der Waals surface area contributed by atoms with E-state index < -0.39 is 50.7 Å². The van der Waals surface area contributed by atoms with E-state index in [1.54, 1.807) is 36.4 Å². The van der Waals surface area contributed by atoms with Gasteiger partial charge < -0.3 is 20.6 Å². The van der Waals surface area contributed by atoms with Crippen molar-refractivity contribution in [1.82, 2.24) is 10.2 Å². The fourth-order valence-corrected chi connectivity index (χ4v) is 9.27. The van der Waals surface area contributed by atoms with Crippen molar-refractivity contribution < 1.29 is 27.5 Å². The third-order valence-electron chi connectivity index (χ3n) is 10.8. The van der Waals surface area contributed by atoms with E-state index in [4.69, 9.17) is 0 Å². The van der Waals surface area contributed by atoms with Crippen LogP contribution in [0.1, 0.15) is 75.3 Å². The fourth-order valence-electron chi connectivity index (χ4n) is 7.56. The monoisotopic (exact) mass is 650 g/mol. The van der Waals surface area contributed by atoms with Gasteiger partial charge in [-0.05, 0) is 85.9 Å². The number of carboxylic acid groups (broad SMARTS) is 1. The van der Waals surface area contributed by atoms with Crippen molar-refractivity contribution in [1.29, 1.82) is 0 Å². The molecule has 0 aromatic heterocycles. The molecular formula is C35H43FN4O5S. The molecule has 1 heterocycles. The Morgan fingerprint density at radius 3 is 2.33 bits per heavy atom. The molecule has 0 spiro atoms. The molecule has 46 heavy (non-hydrogen) atoms. The standard InChI is InChI=1S/C35H43FN4O5S/c1-20-31(18-17-30-33(20)37-21(2)39(30)3)46(44,45)40(4)25-14-11-23(12-15-25)26-9-6-10-27(32(26)35(42)43)34(41)38-29-16-13-24(19-28(29)36)22-7-5-8-22/h11-22,26-27,31-32,37H,5-10H2,1-4H3,(H,38,41)(H,42,43)/t20?,21?,26-,27-,31?,32-/m1/s1. The molecule has 11 heteroatoms. The van der Waals surface area contributed by atoms with Crippen LogP contribution in [-0.4, -0.2) is 55.8 Å². The Hall–Kier alpha value is -3.86. The van der Waals surface area contributed by atoms with Crippen LogP contribution in [0.25, 0.3) is 0 Å². The summed E-state index contributed by atoms with van der Waals surface area (Å²) in [5.74, 6) is -4.30. The van der Waals surface area contributed by atoms with Gasteiger partial charge in [-0.3, -0.25) is 13.9 Å². The Morgan fingerprint density at radius 1 is 1.02 bits per heavy atom. The van der Waals surface area contributed by atoms with Crippen LogP contribution in [-0.2, 0) is 19.6 Å². The molecule has 6 rings (SSSR count). The molecule has 2 fully saturated rings. The van der Waals surface area contributed by atoms with Crippen molar-refractivity contribution in [3.8, 4) is 0 Å². The minimum Gasteiger partial charge on any atom is -0.481 e. The fraction of sp³-hybridized carbons (Fsp3) is 0.486. The number of anilines is 2. The topological polar surface area (TPSA) is 119 Å². The van der Waals surface area contributed by atoms with Crippen LogP contribution in [0.2, 0.25) is 0 Å². The summed E-state index contributed by atoms with van der Waals surface area (Å²) < 4.78 is 43.8. The second-order valence-corrected chi connectivity index (χ2v) is 15.4. The van der Waals surface area contributed by atoms with E-state index in [1.807, 2.05) is 33.0 Å². The van der Waals surface area contributed by atoms with Crippen molar-refractivity contribution >= 4 is 33.3 Å². The van der Waals surface area contributed by atoms with E-state index in [2.05, 4.69) is 15.5 Å². The summed E-state index contributed by atoms with van der Waals surface area (Å²) in [7, 11) is -0.275. The number of carboxylic acids is 1. The maximum absolute atomic E-state index is 14.9. The molecule has 1 amide bonds. The van der Waals surface area contributed by atoms with Gasteiger partial charge in [-0.15, -0.1) is 0 Å². The smallest absolute Gasteiger partial charge is 0.307 e. The van der Waals surface area contributed by atoms with Crippen LogP contribution in [0.15, 0.2) is 66.0 Å². The van der Waals surface area contributed by atoms with Crippen molar-refractivity contribution in [3.63, 3.8) is 0 Å². The van der Waals surface area contributed by atoms with E-state index in [-0.39, 0.29) is 17.8 Å². The van der Waals surface area contributed by atoms with Crippen molar-refractivity contribution in [2.24, 2.45) is 17.8 Å². The molecule has 9 nitrogen and oxygen atoms in total. The number of sulfonamides is 1. The van der Waals surface area contributed by atoms with E-state index in [0.29, 0.717) is 30.9 Å². The highest BCUT2D eigenvalue weighted by atomic mass is 32.2. The number of amides is 1. The van der Waals surface area contributed by atoms with Gasteiger partial charge in [0.15, 0.2) is 0 Å². The number of hydrogen-bond donors (Lipinski definition) is 3. The summed E-state index contributed by atoms with van der Waals surface area (Å²) in [6.07, 6.45) is 8.49. The number of hydrogen-bond acceptors (Lipinski definition) is 6. The maximum Gasteiger partial charge on any atom is 0.307 e. The van der Waals surface area contributed by atoms with Crippen LogP contribution >= 0.6 is 0 Å². The Bertz CT molecular complexity index is 1690. The molecule has 4 aliphatic rings. The first kappa shape index (κ1) is 32.1. The summed E-state index contributed by atoms with van der Waals surface area (Å²) in [6, 6.07) is 11.8. The number of carbonyl (C=O) groups excluding carboxylic acids is 1. The average molecular weight is 651 g/mol. The number of carbonyl (C=O) groups is 2. The molecule has 0 saturated heterocycles. The second-order valence-electron chi connectivity index (χ2n) is 13.3. The van der Waals surface area contributed by atoms with Crippen LogP contribution < -0.4 is 14.9 Å².